The lowest BCUT2D eigenvalue weighted by atomic mass is 10.00. The van der Waals surface area contributed by atoms with Crippen molar-refractivity contribution in [1.82, 2.24) is 5.16 Å². The molecule has 0 radical (unpaired) electrons. The lowest BCUT2D eigenvalue weighted by Crippen LogP contribution is -3.00. The third-order valence-corrected chi connectivity index (χ3v) is 10.1. The van der Waals surface area contributed by atoms with Crippen molar-refractivity contribution < 1.29 is 21.5 Å². The van der Waals surface area contributed by atoms with Crippen LogP contribution in [0.1, 0.15) is 5.69 Å². The predicted molar refractivity (Wildman–Crippen MR) is 137 cm³/mol. The van der Waals surface area contributed by atoms with E-state index in [4.69, 9.17) is 4.52 Å². The van der Waals surface area contributed by atoms with Gasteiger partial charge in [-0.05, 0) is 37.3 Å². The van der Waals surface area contributed by atoms with Crippen molar-refractivity contribution in [1.29, 1.82) is 0 Å². The molecule has 2 nitrogen and oxygen atoms in total. The van der Waals surface area contributed by atoms with Crippen LogP contribution in [0.15, 0.2) is 120 Å². The molecule has 164 valence electrons. The van der Waals surface area contributed by atoms with Gasteiger partial charge >= 0.3 is 0 Å². The van der Waals surface area contributed by atoms with Crippen molar-refractivity contribution in [3.05, 3.63) is 121 Å². The van der Waals surface area contributed by atoms with Gasteiger partial charge in [-0.25, -0.2) is 0 Å². The highest BCUT2D eigenvalue weighted by atomic mass is 79.9. The van der Waals surface area contributed by atoms with Gasteiger partial charge in [0.05, 0.1) is 17.9 Å². The number of halogens is 1. The van der Waals surface area contributed by atoms with Crippen LogP contribution in [0.5, 0.6) is 0 Å². The second kappa shape index (κ2) is 9.87. The number of aryl methyl sites for hydroxylation is 1. The standard InChI is InChI=1S/C29H25NOP.BrH/c1-22-28(29(31-30-22)23-14-6-3-7-15-23)26-20-12-13-21-27(26)32(2,24-16-8-4-9-17-24)25-18-10-5-11-19-25;/h3-21H,1-2H3;1H/q+1;/p-1. The first kappa shape index (κ1) is 23.2. The van der Waals surface area contributed by atoms with Crippen LogP contribution in [0.2, 0.25) is 0 Å². The molecule has 0 N–H and O–H groups in total. The van der Waals surface area contributed by atoms with Crippen LogP contribution in [-0.2, 0) is 0 Å². The van der Waals surface area contributed by atoms with Crippen LogP contribution in [0, 0.1) is 6.92 Å². The maximum atomic E-state index is 5.88. The average molecular weight is 514 g/mol. The molecular formula is C29H25BrNOP. The maximum Gasteiger partial charge on any atom is 0.175 e. The molecular weight excluding hydrogens is 489 g/mol. The van der Waals surface area contributed by atoms with E-state index in [-0.39, 0.29) is 17.0 Å². The minimum absolute atomic E-state index is 0. The van der Waals surface area contributed by atoms with Gasteiger partial charge in [-0.2, -0.15) is 0 Å². The summed E-state index contributed by atoms with van der Waals surface area (Å²) in [6.45, 7) is 4.45. The predicted octanol–water partition coefficient (Wildman–Crippen LogP) is 3.24. The second-order valence-electron chi connectivity index (χ2n) is 8.03. The first-order valence-corrected chi connectivity index (χ1v) is 13.0. The fourth-order valence-corrected chi connectivity index (χ4v) is 7.87. The van der Waals surface area contributed by atoms with Crippen LogP contribution >= 0.6 is 7.26 Å². The van der Waals surface area contributed by atoms with Gasteiger partial charge in [0.2, 0.25) is 0 Å². The molecule has 0 saturated heterocycles. The normalized spacial score (nSPS) is 11.1. The fourth-order valence-electron chi connectivity index (χ4n) is 4.43. The Morgan fingerprint density at radius 2 is 1.12 bits per heavy atom. The molecule has 1 aromatic heterocycles. The topological polar surface area (TPSA) is 26.0 Å². The lowest BCUT2D eigenvalue weighted by molar-refractivity contribution is -0.00000662. The summed E-state index contributed by atoms with van der Waals surface area (Å²) in [5.74, 6) is 0.822. The highest BCUT2D eigenvalue weighted by Crippen LogP contribution is 2.54. The maximum absolute atomic E-state index is 5.88. The molecule has 0 bridgehead atoms. The van der Waals surface area contributed by atoms with Crippen LogP contribution in [0.3, 0.4) is 0 Å². The Balaban J connectivity index is 0.00000259. The van der Waals surface area contributed by atoms with E-state index in [0.29, 0.717) is 0 Å². The Morgan fingerprint density at radius 1 is 0.636 bits per heavy atom. The molecule has 0 unspecified atom stereocenters. The van der Waals surface area contributed by atoms with E-state index < -0.39 is 7.26 Å². The van der Waals surface area contributed by atoms with Crippen molar-refractivity contribution in [2.75, 3.05) is 6.66 Å². The third-order valence-electron chi connectivity index (χ3n) is 6.10. The Hall–Kier alpha value is -3.00. The molecule has 0 amide bonds. The summed E-state index contributed by atoms with van der Waals surface area (Å²) < 4.78 is 5.88. The Bertz CT molecular complexity index is 1290. The first-order chi connectivity index (χ1) is 15.7. The number of nitrogens with zero attached hydrogens (tertiary/aromatic N) is 1. The smallest absolute Gasteiger partial charge is 0.175 e. The minimum atomic E-state index is -1.91. The van der Waals surface area contributed by atoms with Crippen LogP contribution < -0.4 is 32.9 Å². The van der Waals surface area contributed by atoms with Crippen molar-refractivity contribution >= 4 is 23.2 Å². The Labute approximate surface area is 206 Å². The van der Waals surface area contributed by atoms with Crippen LogP contribution in [0.4, 0.5) is 0 Å². The second-order valence-corrected chi connectivity index (χ2v) is 11.6. The molecule has 5 rings (SSSR count). The molecule has 1 heterocycles. The van der Waals surface area contributed by atoms with Crippen LogP contribution in [-0.4, -0.2) is 11.8 Å². The monoisotopic (exact) mass is 513 g/mol. The summed E-state index contributed by atoms with van der Waals surface area (Å²) in [6, 6.07) is 40.8. The zero-order valence-corrected chi connectivity index (χ0v) is 21.1. The van der Waals surface area contributed by atoms with Crippen molar-refractivity contribution in [3.63, 3.8) is 0 Å². The van der Waals surface area contributed by atoms with E-state index in [9.17, 15) is 0 Å². The summed E-state index contributed by atoms with van der Waals surface area (Å²) in [6.07, 6.45) is 0. The van der Waals surface area contributed by atoms with Gasteiger partial charge < -0.3 is 21.5 Å². The van der Waals surface area contributed by atoms with Crippen molar-refractivity contribution in [3.8, 4) is 22.5 Å². The fraction of sp³-hybridized carbons (Fsp3) is 0.0690. The number of rotatable bonds is 5. The van der Waals surface area contributed by atoms with Gasteiger partial charge in [-0.1, -0.05) is 90.1 Å². The molecule has 0 aliphatic heterocycles. The van der Waals surface area contributed by atoms with Gasteiger partial charge in [-0.3, -0.25) is 0 Å². The zero-order valence-electron chi connectivity index (χ0n) is 18.7. The molecule has 4 heteroatoms. The highest BCUT2D eigenvalue weighted by Gasteiger charge is 2.42. The quantitative estimate of drug-likeness (QED) is 0.337. The number of hydrogen-bond donors (Lipinski definition) is 0. The molecule has 0 aliphatic carbocycles. The summed E-state index contributed by atoms with van der Waals surface area (Å²) in [4.78, 5) is 0. The lowest BCUT2D eigenvalue weighted by Gasteiger charge is -2.25. The summed E-state index contributed by atoms with van der Waals surface area (Å²) in [5, 5.41) is 8.42. The largest absolute Gasteiger partial charge is 1.00 e. The van der Waals surface area contributed by atoms with Crippen LogP contribution in [0.25, 0.3) is 22.5 Å². The molecule has 0 spiro atoms. The molecule has 0 saturated carbocycles. The summed E-state index contributed by atoms with van der Waals surface area (Å²) in [5.41, 5.74) is 4.21. The van der Waals surface area contributed by atoms with Crippen molar-refractivity contribution in [2.24, 2.45) is 0 Å². The van der Waals surface area contributed by atoms with E-state index in [1.54, 1.807) is 0 Å². The SMILES string of the molecule is Cc1noc(-c2ccccc2)c1-c1ccccc1[P+](C)(c1ccccc1)c1ccccc1.[Br-]. The van der Waals surface area contributed by atoms with Gasteiger partial charge in [0.25, 0.3) is 0 Å². The first-order valence-electron chi connectivity index (χ1n) is 10.8. The number of aromatic nitrogens is 1. The zero-order chi connectivity index (χ0) is 22.0. The number of benzene rings is 4. The highest BCUT2D eigenvalue weighted by molar-refractivity contribution is 7.95. The Kier molecular flexibility index (Phi) is 6.93. The Morgan fingerprint density at radius 3 is 1.70 bits per heavy atom. The molecule has 4 aromatic carbocycles. The van der Waals surface area contributed by atoms with Gasteiger partial charge in [-0.15, -0.1) is 0 Å². The molecule has 0 atom stereocenters. The minimum Gasteiger partial charge on any atom is -1.00 e. The van der Waals surface area contributed by atoms with Crippen molar-refractivity contribution in [2.45, 2.75) is 6.92 Å². The van der Waals surface area contributed by atoms with Gasteiger partial charge in [0.1, 0.15) is 23.2 Å². The molecule has 5 aromatic rings. The molecule has 0 fully saturated rings. The van der Waals surface area contributed by atoms with Gasteiger partial charge in [0.15, 0.2) is 5.76 Å². The van der Waals surface area contributed by atoms with E-state index in [0.717, 1.165) is 22.6 Å². The van der Waals surface area contributed by atoms with E-state index in [2.05, 4.69) is 109 Å². The summed E-state index contributed by atoms with van der Waals surface area (Å²) in [7, 11) is -1.91. The molecule has 0 aliphatic rings. The molecule has 33 heavy (non-hydrogen) atoms. The van der Waals surface area contributed by atoms with E-state index in [1.807, 2.05) is 25.1 Å². The number of hydrogen-bond acceptors (Lipinski definition) is 2. The average Bonchev–Trinajstić information content (AvgIpc) is 3.26. The van der Waals surface area contributed by atoms with E-state index in [1.165, 1.54) is 21.5 Å². The van der Waals surface area contributed by atoms with E-state index >= 15 is 0 Å². The third kappa shape index (κ3) is 4.19. The van der Waals surface area contributed by atoms with Gasteiger partial charge in [0, 0.05) is 11.1 Å². The summed E-state index contributed by atoms with van der Waals surface area (Å²) >= 11 is 0.